The number of carbonyl (C=O) groups excluding carboxylic acids is 2. The Bertz CT molecular complexity index is 1210. The van der Waals surface area contributed by atoms with Gasteiger partial charge in [0.05, 0.1) is 10.7 Å². The summed E-state index contributed by atoms with van der Waals surface area (Å²) in [5, 5.41) is 14.4. The molecule has 0 radical (unpaired) electrons. The Hall–Kier alpha value is -3.36. The molecule has 0 aliphatic heterocycles. The molecule has 9 heteroatoms. The number of thioether (sulfide) groups is 1. The molecule has 37 heavy (non-hydrogen) atoms. The molecule has 0 aromatic heterocycles. The van der Waals surface area contributed by atoms with Crippen molar-refractivity contribution in [2.45, 2.75) is 44.6 Å². The van der Waals surface area contributed by atoms with Crippen LogP contribution in [0, 0.1) is 10.1 Å². The Morgan fingerprint density at radius 2 is 1.62 bits per heavy atom. The van der Waals surface area contributed by atoms with Gasteiger partial charge >= 0.3 is 0 Å². The Morgan fingerprint density at radius 3 is 2.24 bits per heavy atom. The third-order valence-corrected chi connectivity index (χ3v) is 7.00. The predicted molar refractivity (Wildman–Crippen MR) is 148 cm³/mol. The molecule has 2 amide bonds. The minimum absolute atomic E-state index is 0.0238. The summed E-state index contributed by atoms with van der Waals surface area (Å²) in [7, 11) is 0. The number of amides is 2. The average molecular weight is 540 g/mol. The van der Waals surface area contributed by atoms with Crippen molar-refractivity contribution >= 4 is 40.9 Å². The van der Waals surface area contributed by atoms with E-state index in [1.807, 2.05) is 62.4 Å². The number of rotatable bonds is 12. The number of nitro groups is 1. The van der Waals surface area contributed by atoms with E-state index >= 15 is 0 Å². The van der Waals surface area contributed by atoms with Crippen LogP contribution in [0.15, 0.2) is 78.9 Å². The largest absolute Gasteiger partial charge is 0.352 e. The molecule has 0 bridgehead atoms. The summed E-state index contributed by atoms with van der Waals surface area (Å²) in [6, 6.07) is 22.4. The van der Waals surface area contributed by atoms with Gasteiger partial charge in [0.15, 0.2) is 0 Å². The second-order valence-corrected chi connectivity index (χ2v) is 10.3. The number of nitrogens with one attached hydrogen (secondary N) is 1. The van der Waals surface area contributed by atoms with E-state index in [-0.39, 0.29) is 35.8 Å². The van der Waals surface area contributed by atoms with Gasteiger partial charge < -0.3 is 10.2 Å². The van der Waals surface area contributed by atoms with Crippen molar-refractivity contribution in [1.82, 2.24) is 10.2 Å². The quantitative estimate of drug-likeness (QED) is 0.237. The van der Waals surface area contributed by atoms with Gasteiger partial charge in [0, 0.05) is 41.9 Å². The molecule has 3 aromatic rings. The SMILES string of the molecule is CC(C)NC(=O)[C@@H](Cc1ccccc1)N(Cc1ccccc1Cl)C(=O)CSCc1ccc([N+](=O)[O-])cc1. The molecule has 194 valence electrons. The lowest BCUT2D eigenvalue weighted by Crippen LogP contribution is -2.52. The van der Waals surface area contributed by atoms with E-state index in [0.29, 0.717) is 17.2 Å². The number of nitrogens with zero attached hydrogens (tertiary/aromatic N) is 2. The van der Waals surface area contributed by atoms with Crippen molar-refractivity contribution in [3.63, 3.8) is 0 Å². The fourth-order valence-corrected chi connectivity index (χ4v) is 4.86. The van der Waals surface area contributed by atoms with Crippen LogP contribution in [0.2, 0.25) is 5.02 Å². The minimum atomic E-state index is -0.728. The zero-order valence-electron chi connectivity index (χ0n) is 20.8. The van der Waals surface area contributed by atoms with E-state index in [2.05, 4.69) is 5.32 Å². The normalized spacial score (nSPS) is 11.7. The molecule has 3 aromatic carbocycles. The fourth-order valence-electron chi connectivity index (χ4n) is 3.80. The molecule has 3 rings (SSSR count). The first-order chi connectivity index (χ1) is 17.7. The molecule has 0 aliphatic carbocycles. The molecule has 0 heterocycles. The molecule has 1 atom stereocenters. The van der Waals surface area contributed by atoms with Crippen molar-refractivity contribution in [3.05, 3.63) is 111 Å². The maximum atomic E-state index is 13.6. The second-order valence-electron chi connectivity index (χ2n) is 8.90. The number of hydrogen-bond donors (Lipinski definition) is 1. The van der Waals surface area contributed by atoms with Crippen molar-refractivity contribution < 1.29 is 14.5 Å². The molecule has 7 nitrogen and oxygen atoms in total. The number of halogens is 1. The summed E-state index contributed by atoms with van der Waals surface area (Å²) in [6.45, 7) is 3.97. The van der Waals surface area contributed by atoms with Crippen LogP contribution in [0.3, 0.4) is 0 Å². The van der Waals surface area contributed by atoms with Gasteiger partial charge in [0.2, 0.25) is 11.8 Å². The van der Waals surface area contributed by atoms with Crippen LogP contribution in [-0.2, 0) is 28.3 Å². The third-order valence-electron chi connectivity index (χ3n) is 5.64. The molecular weight excluding hydrogens is 510 g/mol. The molecule has 0 saturated carbocycles. The molecule has 0 spiro atoms. The fraction of sp³-hybridized carbons (Fsp3) is 0.286. The molecule has 0 aliphatic rings. The van der Waals surface area contributed by atoms with Crippen LogP contribution in [0.4, 0.5) is 5.69 Å². The van der Waals surface area contributed by atoms with E-state index in [4.69, 9.17) is 11.6 Å². The lowest BCUT2D eigenvalue weighted by molar-refractivity contribution is -0.384. The topological polar surface area (TPSA) is 92.6 Å². The monoisotopic (exact) mass is 539 g/mol. The summed E-state index contributed by atoms with van der Waals surface area (Å²) in [5.41, 5.74) is 2.60. The van der Waals surface area contributed by atoms with E-state index in [1.165, 1.54) is 23.9 Å². The summed E-state index contributed by atoms with van der Waals surface area (Å²) >= 11 is 7.82. The van der Waals surface area contributed by atoms with Crippen molar-refractivity contribution in [3.8, 4) is 0 Å². The van der Waals surface area contributed by atoms with E-state index < -0.39 is 11.0 Å². The van der Waals surface area contributed by atoms with Gasteiger partial charge in [-0.25, -0.2) is 0 Å². The summed E-state index contributed by atoms with van der Waals surface area (Å²) in [4.78, 5) is 39.0. The highest BCUT2D eigenvalue weighted by molar-refractivity contribution is 7.99. The number of carbonyl (C=O) groups is 2. The summed E-state index contributed by atoms with van der Waals surface area (Å²) in [5.74, 6) is 0.235. The lowest BCUT2D eigenvalue weighted by Gasteiger charge is -2.32. The minimum Gasteiger partial charge on any atom is -0.352 e. The Labute approximate surface area is 226 Å². The van der Waals surface area contributed by atoms with Gasteiger partial charge in [0.25, 0.3) is 5.69 Å². The first-order valence-corrected chi connectivity index (χ1v) is 13.5. The second kappa shape index (κ2) is 13.8. The zero-order chi connectivity index (χ0) is 26.8. The first-order valence-electron chi connectivity index (χ1n) is 11.9. The number of non-ortho nitro benzene ring substituents is 1. The molecular formula is C28H30ClN3O4S. The van der Waals surface area contributed by atoms with Crippen LogP contribution >= 0.6 is 23.4 Å². The van der Waals surface area contributed by atoms with Gasteiger partial charge in [-0.05, 0) is 36.6 Å². The molecule has 1 N–H and O–H groups in total. The van der Waals surface area contributed by atoms with Crippen LogP contribution in [0.1, 0.15) is 30.5 Å². The number of nitro benzene ring substituents is 1. The van der Waals surface area contributed by atoms with Crippen LogP contribution in [0.5, 0.6) is 0 Å². The predicted octanol–water partition coefficient (Wildman–Crippen LogP) is 5.65. The van der Waals surface area contributed by atoms with E-state index in [0.717, 1.165) is 16.7 Å². The highest BCUT2D eigenvalue weighted by atomic mass is 35.5. The molecule has 0 unspecified atom stereocenters. The average Bonchev–Trinajstić information content (AvgIpc) is 2.87. The van der Waals surface area contributed by atoms with E-state index in [9.17, 15) is 19.7 Å². The lowest BCUT2D eigenvalue weighted by atomic mass is 10.0. The van der Waals surface area contributed by atoms with E-state index in [1.54, 1.807) is 23.1 Å². The zero-order valence-corrected chi connectivity index (χ0v) is 22.4. The number of hydrogen-bond acceptors (Lipinski definition) is 5. The molecule has 0 saturated heterocycles. The molecule has 0 fully saturated rings. The van der Waals surface area contributed by atoms with Crippen molar-refractivity contribution in [1.29, 1.82) is 0 Å². The summed E-state index contributed by atoms with van der Waals surface area (Å²) in [6.07, 6.45) is 0.364. The first kappa shape index (κ1) is 28.2. The van der Waals surface area contributed by atoms with Gasteiger partial charge in [0.1, 0.15) is 6.04 Å². The van der Waals surface area contributed by atoms with Gasteiger partial charge in [-0.3, -0.25) is 19.7 Å². The smallest absolute Gasteiger partial charge is 0.269 e. The Balaban J connectivity index is 1.83. The maximum Gasteiger partial charge on any atom is 0.269 e. The highest BCUT2D eigenvalue weighted by Gasteiger charge is 2.31. The number of benzene rings is 3. The van der Waals surface area contributed by atoms with Crippen molar-refractivity contribution in [2.24, 2.45) is 0 Å². The maximum absolute atomic E-state index is 13.6. The standard InChI is InChI=1S/C28H30ClN3O4S/c1-20(2)30-28(34)26(16-21-8-4-3-5-9-21)31(17-23-10-6-7-11-25(23)29)27(33)19-37-18-22-12-14-24(15-13-22)32(35)36/h3-15,20,26H,16-19H2,1-2H3,(H,30,34)/t26-/m1/s1. The van der Waals surface area contributed by atoms with Crippen LogP contribution in [-0.4, -0.2) is 39.5 Å². The van der Waals surface area contributed by atoms with Crippen LogP contribution < -0.4 is 5.32 Å². The Morgan fingerprint density at radius 1 is 0.973 bits per heavy atom. The Kier molecular flexibility index (Phi) is 10.5. The summed E-state index contributed by atoms with van der Waals surface area (Å²) < 4.78 is 0. The van der Waals surface area contributed by atoms with Crippen LogP contribution in [0.25, 0.3) is 0 Å². The van der Waals surface area contributed by atoms with Gasteiger partial charge in [-0.15, -0.1) is 11.8 Å². The highest BCUT2D eigenvalue weighted by Crippen LogP contribution is 2.23. The van der Waals surface area contributed by atoms with Gasteiger partial charge in [-0.2, -0.15) is 0 Å². The van der Waals surface area contributed by atoms with Gasteiger partial charge in [-0.1, -0.05) is 72.3 Å². The van der Waals surface area contributed by atoms with Crippen molar-refractivity contribution in [2.75, 3.05) is 5.75 Å². The third kappa shape index (κ3) is 8.61.